The molecule has 0 saturated carbocycles. The second-order valence-electron chi connectivity index (χ2n) is 12.0. The van der Waals surface area contributed by atoms with Crippen molar-refractivity contribution < 1.29 is 23.9 Å². The van der Waals surface area contributed by atoms with E-state index in [4.69, 9.17) is 10.5 Å². The standard InChI is InChI=1S/C34H50N4O5/c1-6-7-8-9-10-14-22-38(32(41)28(20-21-29(35)39)37-33(42)43-34(3,4)5)30(27-19-15-16-25(2)23-27)31(40)36-24-26-17-12-11-13-18-26/h11-13,15-19,23,28,30H,6-10,14,20-22,24H2,1-5H3,(H2,35,39)(H,36,40)(H,37,42). The highest BCUT2D eigenvalue weighted by Gasteiger charge is 2.36. The van der Waals surface area contributed by atoms with Crippen molar-refractivity contribution in [3.8, 4) is 0 Å². The Balaban J connectivity index is 2.46. The summed E-state index contributed by atoms with van der Waals surface area (Å²) in [6, 6.07) is 15.0. The number of ether oxygens (including phenoxy) is 1. The van der Waals surface area contributed by atoms with Crippen LogP contribution in [-0.4, -0.2) is 46.9 Å². The summed E-state index contributed by atoms with van der Waals surface area (Å²) in [6.07, 6.45) is 5.04. The highest BCUT2D eigenvalue weighted by atomic mass is 16.6. The summed E-state index contributed by atoms with van der Waals surface area (Å²) in [5.41, 5.74) is 7.17. The lowest BCUT2D eigenvalue weighted by atomic mass is 9.99. The van der Waals surface area contributed by atoms with Crippen molar-refractivity contribution in [3.05, 3.63) is 71.3 Å². The Kier molecular flexibility index (Phi) is 14.7. The lowest BCUT2D eigenvalue weighted by Crippen LogP contribution is -2.53. The lowest BCUT2D eigenvalue weighted by molar-refractivity contribution is -0.143. The van der Waals surface area contributed by atoms with Gasteiger partial charge in [-0.25, -0.2) is 4.79 Å². The number of primary amides is 1. The summed E-state index contributed by atoms with van der Waals surface area (Å²) in [5, 5.41) is 5.66. The van der Waals surface area contributed by atoms with Gasteiger partial charge in [-0.2, -0.15) is 0 Å². The molecule has 0 radical (unpaired) electrons. The van der Waals surface area contributed by atoms with Gasteiger partial charge in [0.15, 0.2) is 0 Å². The second kappa shape index (κ2) is 17.9. The lowest BCUT2D eigenvalue weighted by Gasteiger charge is -2.34. The number of hydrogen-bond acceptors (Lipinski definition) is 5. The van der Waals surface area contributed by atoms with Crippen LogP contribution in [0.1, 0.15) is 102 Å². The van der Waals surface area contributed by atoms with Gasteiger partial charge in [-0.05, 0) is 51.7 Å². The molecule has 9 nitrogen and oxygen atoms in total. The molecule has 4 N–H and O–H groups in total. The minimum atomic E-state index is -1.11. The Morgan fingerprint density at radius 3 is 2.23 bits per heavy atom. The Labute approximate surface area is 256 Å². The van der Waals surface area contributed by atoms with Gasteiger partial charge in [0.2, 0.25) is 17.7 Å². The summed E-state index contributed by atoms with van der Waals surface area (Å²) in [5.74, 6) is -1.40. The molecule has 236 valence electrons. The minimum Gasteiger partial charge on any atom is -0.444 e. The molecule has 2 aromatic carbocycles. The van der Waals surface area contributed by atoms with E-state index >= 15 is 0 Å². The third kappa shape index (κ3) is 13.3. The number of aryl methyl sites for hydroxylation is 1. The van der Waals surface area contributed by atoms with Crippen molar-refractivity contribution in [2.24, 2.45) is 5.73 Å². The molecule has 0 spiro atoms. The van der Waals surface area contributed by atoms with Crippen LogP contribution in [0.25, 0.3) is 0 Å². The van der Waals surface area contributed by atoms with Crippen molar-refractivity contribution in [2.45, 2.75) is 110 Å². The number of nitrogens with two attached hydrogens (primary N) is 1. The summed E-state index contributed by atoms with van der Waals surface area (Å²) in [4.78, 5) is 54.3. The molecule has 0 fully saturated rings. The molecule has 2 aromatic rings. The monoisotopic (exact) mass is 594 g/mol. The fourth-order valence-corrected chi connectivity index (χ4v) is 4.82. The fraction of sp³-hybridized carbons (Fsp3) is 0.529. The van der Waals surface area contributed by atoms with Crippen LogP contribution in [0.5, 0.6) is 0 Å². The number of hydrogen-bond donors (Lipinski definition) is 3. The molecule has 43 heavy (non-hydrogen) atoms. The van der Waals surface area contributed by atoms with Gasteiger partial charge in [0.25, 0.3) is 0 Å². The molecular weight excluding hydrogens is 544 g/mol. The van der Waals surface area contributed by atoms with Crippen LogP contribution >= 0.6 is 0 Å². The Hall–Kier alpha value is -3.88. The number of nitrogens with zero attached hydrogens (tertiary/aromatic N) is 1. The smallest absolute Gasteiger partial charge is 0.408 e. The maximum absolute atomic E-state index is 14.3. The Morgan fingerprint density at radius 1 is 0.930 bits per heavy atom. The highest BCUT2D eigenvalue weighted by molar-refractivity contribution is 5.92. The molecular formula is C34H50N4O5. The molecule has 0 aliphatic rings. The summed E-state index contributed by atoms with van der Waals surface area (Å²) < 4.78 is 5.42. The number of benzene rings is 2. The zero-order valence-electron chi connectivity index (χ0n) is 26.5. The van der Waals surface area contributed by atoms with E-state index in [1.807, 2.05) is 61.5 Å². The molecule has 0 saturated heterocycles. The average Bonchev–Trinajstić information content (AvgIpc) is 2.94. The van der Waals surface area contributed by atoms with Gasteiger partial charge in [-0.15, -0.1) is 0 Å². The van der Waals surface area contributed by atoms with Crippen molar-refractivity contribution in [3.63, 3.8) is 0 Å². The van der Waals surface area contributed by atoms with Gasteiger partial charge in [0, 0.05) is 19.5 Å². The van der Waals surface area contributed by atoms with E-state index in [1.165, 1.54) is 4.90 Å². The quantitative estimate of drug-likeness (QED) is 0.202. The molecule has 0 heterocycles. The van der Waals surface area contributed by atoms with Gasteiger partial charge in [-0.1, -0.05) is 99.2 Å². The summed E-state index contributed by atoms with van der Waals surface area (Å²) >= 11 is 0. The number of rotatable bonds is 17. The topological polar surface area (TPSA) is 131 Å². The van der Waals surface area contributed by atoms with Crippen LogP contribution in [0, 0.1) is 6.92 Å². The normalized spacial score (nSPS) is 12.6. The molecule has 0 aliphatic heterocycles. The molecule has 0 bridgehead atoms. The van der Waals surface area contributed by atoms with E-state index in [0.29, 0.717) is 25.1 Å². The predicted molar refractivity (Wildman–Crippen MR) is 169 cm³/mol. The number of amides is 4. The van der Waals surface area contributed by atoms with Crippen LogP contribution in [0.4, 0.5) is 4.79 Å². The first-order chi connectivity index (χ1) is 20.4. The molecule has 0 aliphatic carbocycles. The van der Waals surface area contributed by atoms with Crippen LogP contribution in [0.15, 0.2) is 54.6 Å². The third-order valence-electron chi connectivity index (χ3n) is 6.93. The van der Waals surface area contributed by atoms with E-state index in [1.54, 1.807) is 20.8 Å². The molecule has 2 atom stereocenters. The highest BCUT2D eigenvalue weighted by Crippen LogP contribution is 2.25. The summed E-state index contributed by atoms with van der Waals surface area (Å²) in [7, 11) is 0. The largest absolute Gasteiger partial charge is 0.444 e. The third-order valence-corrected chi connectivity index (χ3v) is 6.93. The van der Waals surface area contributed by atoms with E-state index in [0.717, 1.165) is 43.2 Å². The summed E-state index contributed by atoms with van der Waals surface area (Å²) in [6.45, 7) is 9.86. The predicted octanol–water partition coefficient (Wildman–Crippen LogP) is 5.70. The first kappa shape index (κ1) is 35.3. The van der Waals surface area contributed by atoms with Crippen molar-refractivity contribution >= 4 is 23.8 Å². The molecule has 0 aromatic heterocycles. The van der Waals surface area contributed by atoms with Gasteiger partial charge in [0.05, 0.1) is 0 Å². The minimum absolute atomic E-state index is 0.0212. The van der Waals surface area contributed by atoms with Crippen LogP contribution in [-0.2, 0) is 25.7 Å². The van der Waals surface area contributed by atoms with Crippen LogP contribution in [0.3, 0.4) is 0 Å². The zero-order valence-corrected chi connectivity index (χ0v) is 26.5. The Bertz CT molecular complexity index is 1180. The molecule has 2 unspecified atom stereocenters. The first-order valence-corrected chi connectivity index (χ1v) is 15.4. The number of alkyl carbamates (subject to hydrolysis) is 1. The van der Waals surface area contributed by atoms with E-state index in [9.17, 15) is 19.2 Å². The van der Waals surface area contributed by atoms with Crippen LogP contribution in [0.2, 0.25) is 0 Å². The average molecular weight is 595 g/mol. The van der Waals surface area contributed by atoms with E-state index < -0.39 is 35.6 Å². The number of nitrogens with one attached hydrogen (secondary N) is 2. The first-order valence-electron chi connectivity index (χ1n) is 15.4. The SMILES string of the molecule is CCCCCCCCN(C(=O)C(CCC(N)=O)NC(=O)OC(C)(C)C)C(C(=O)NCc1ccccc1)c1cccc(C)c1. The molecule has 9 heteroatoms. The van der Waals surface area contributed by atoms with Crippen molar-refractivity contribution in [1.29, 1.82) is 0 Å². The number of unbranched alkanes of at least 4 members (excludes halogenated alkanes) is 5. The van der Waals surface area contributed by atoms with Crippen molar-refractivity contribution in [1.82, 2.24) is 15.5 Å². The van der Waals surface area contributed by atoms with Gasteiger partial charge in [0.1, 0.15) is 17.7 Å². The van der Waals surface area contributed by atoms with Crippen molar-refractivity contribution in [2.75, 3.05) is 6.54 Å². The maximum Gasteiger partial charge on any atom is 0.408 e. The Morgan fingerprint density at radius 2 is 1.60 bits per heavy atom. The number of carbonyl (C=O) groups is 4. The second-order valence-corrected chi connectivity index (χ2v) is 12.0. The number of carbonyl (C=O) groups excluding carboxylic acids is 4. The van der Waals surface area contributed by atoms with Gasteiger partial charge < -0.3 is 26.0 Å². The molecule has 4 amide bonds. The van der Waals surface area contributed by atoms with Crippen LogP contribution < -0.4 is 16.4 Å². The van der Waals surface area contributed by atoms with E-state index in [-0.39, 0.29) is 18.7 Å². The van der Waals surface area contributed by atoms with Gasteiger partial charge >= 0.3 is 6.09 Å². The fourth-order valence-electron chi connectivity index (χ4n) is 4.82. The molecule has 2 rings (SSSR count). The maximum atomic E-state index is 14.3. The zero-order chi connectivity index (χ0) is 31.8. The van der Waals surface area contributed by atoms with Gasteiger partial charge in [-0.3, -0.25) is 14.4 Å². The van der Waals surface area contributed by atoms with E-state index in [2.05, 4.69) is 17.6 Å².